The lowest BCUT2D eigenvalue weighted by molar-refractivity contribution is -0.129. The lowest BCUT2D eigenvalue weighted by Gasteiger charge is -2.20. The van der Waals surface area contributed by atoms with Gasteiger partial charge in [0.1, 0.15) is 5.82 Å². The van der Waals surface area contributed by atoms with Gasteiger partial charge in [-0.2, -0.15) is 0 Å². The summed E-state index contributed by atoms with van der Waals surface area (Å²) in [6, 6.07) is 6.13. The second-order valence-electron chi connectivity index (χ2n) is 7.02. The zero-order valence-corrected chi connectivity index (χ0v) is 17.3. The number of nitrogens with zero attached hydrogens (tertiary/aromatic N) is 3. The highest BCUT2D eigenvalue weighted by atomic mass is 32.2. The molecule has 1 aromatic heterocycles. The van der Waals surface area contributed by atoms with Crippen molar-refractivity contribution in [3.05, 3.63) is 41.5 Å². The van der Waals surface area contributed by atoms with Crippen molar-refractivity contribution in [3.8, 4) is 0 Å². The molecule has 1 amide bonds. The van der Waals surface area contributed by atoms with Crippen molar-refractivity contribution < 1.29 is 22.0 Å². The maximum Gasteiger partial charge on any atom is 0.277 e. The Morgan fingerprint density at radius 3 is 2.89 bits per heavy atom. The summed E-state index contributed by atoms with van der Waals surface area (Å²) in [7, 11) is -1.29. The van der Waals surface area contributed by atoms with E-state index in [2.05, 4.69) is 10.2 Å². The van der Waals surface area contributed by atoms with Crippen LogP contribution in [0.1, 0.15) is 24.8 Å². The van der Waals surface area contributed by atoms with Crippen LogP contribution in [0.3, 0.4) is 0 Å². The molecule has 0 bridgehead atoms. The highest BCUT2D eigenvalue weighted by Crippen LogP contribution is 2.26. The van der Waals surface area contributed by atoms with Gasteiger partial charge in [0.2, 0.25) is 11.8 Å². The molecule has 2 atom stereocenters. The van der Waals surface area contributed by atoms with Crippen molar-refractivity contribution in [1.29, 1.82) is 0 Å². The molecular weight excluding hydrogens is 405 g/mol. The molecule has 1 fully saturated rings. The van der Waals surface area contributed by atoms with Gasteiger partial charge in [-0.1, -0.05) is 23.9 Å². The molecule has 1 aromatic carbocycles. The summed E-state index contributed by atoms with van der Waals surface area (Å²) >= 11 is 1.15. The molecule has 0 aliphatic carbocycles. The van der Waals surface area contributed by atoms with Crippen LogP contribution in [-0.2, 0) is 27.6 Å². The number of hydrogen-bond donors (Lipinski definition) is 0. The van der Waals surface area contributed by atoms with E-state index in [1.165, 1.54) is 17.0 Å². The van der Waals surface area contributed by atoms with E-state index in [4.69, 9.17) is 4.42 Å². The summed E-state index contributed by atoms with van der Waals surface area (Å²) in [6.07, 6.45) is 1.03. The molecule has 3 rings (SSSR count). The number of amides is 1. The van der Waals surface area contributed by atoms with Gasteiger partial charge >= 0.3 is 0 Å². The van der Waals surface area contributed by atoms with E-state index in [1.54, 1.807) is 26.1 Å². The van der Waals surface area contributed by atoms with Crippen molar-refractivity contribution in [3.63, 3.8) is 0 Å². The summed E-state index contributed by atoms with van der Waals surface area (Å²) in [6.45, 7) is 2.04. The van der Waals surface area contributed by atoms with Gasteiger partial charge in [0, 0.05) is 20.0 Å². The number of carbonyl (C=O) groups excluding carboxylic acids is 1. The van der Waals surface area contributed by atoms with Gasteiger partial charge < -0.3 is 9.32 Å². The van der Waals surface area contributed by atoms with Crippen LogP contribution in [0.25, 0.3) is 0 Å². The highest BCUT2D eigenvalue weighted by molar-refractivity contribution is 8.00. The van der Waals surface area contributed by atoms with Crippen molar-refractivity contribution >= 4 is 27.5 Å². The molecule has 2 heterocycles. The van der Waals surface area contributed by atoms with Crippen LogP contribution in [0.15, 0.2) is 33.9 Å². The number of halogens is 1. The first-order chi connectivity index (χ1) is 13.2. The number of sulfone groups is 1. The van der Waals surface area contributed by atoms with Crippen LogP contribution >= 0.6 is 11.8 Å². The Morgan fingerprint density at radius 1 is 1.43 bits per heavy atom. The number of rotatable bonds is 7. The number of benzene rings is 1. The second kappa shape index (κ2) is 8.60. The predicted molar refractivity (Wildman–Crippen MR) is 103 cm³/mol. The maximum atomic E-state index is 13.3. The van der Waals surface area contributed by atoms with Crippen LogP contribution in [0.4, 0.5) is 4.39 Å². The van der Waals surface area contributed by atoms with Gasteiger partial charge in [0.25, 0.3) is 5.22 Å². The Morgan fingerprint density at radius 2 is 2.21 bits per heavy atom. The van der Waals surface area contributed by atoms with E-state index in [0.717, 1.165) is 11.8 Å². The quantitative estimate of drug-likeness (QED) is 0.626. The van der Waals surface area contributed by atoms with Crippen molar-refractivity contribution in [2.24, 2.45) is 5.92 Å². The SMILES string of the molecule is CC(Sc1nnc(CC2CCS(=O)(=O)C2)o1)C(=O)N(C)Cc1cccc(F)c1. The number of hydrogen-bond acceptors (Lipinski definition) is 7. The minimum atomic E-state index is -2.95. The summed E-state index contributed by atoms with van der Waals surface area (Å²) < 4.78 is 41.9. The zero-order valence-electron chi connectivity index (χ0n) is 15.7. The molecule has 0 radical (unpaired) electrons. The van der Waals surface area contributed by atoms with Crippen LogP contribution in [0, 0.1) is 11.7 Å². The Kier molecular flexibility index (Phi) is 6.39. The van der Waals surface area contributed by atoms with E-state index < -0.39 is 15.1 Å². The Labute approximate surface area is 167 Å². The molecule has 1 aliphatic rings. The van der Waals surface area contributed by atoms with Crippen LogP contribution in [0.5, 0.6) is 0 Å². The Bertz CT molecular complexity index is 948. The van der Waals surface area contributed by atoms with E-state index in [0.29, 0.717) is 30.8 Å². The molecule has 0 N–H and O–H groups in total. The van der Waals surface area contributed by atoms with Crippen molar-refractivity contribution in [1.82, 2.24) is 15.1 Å². The zero-order chi connectivity index (χ0) is 20.3. The maximum absolute atomic E-state index is 13.3. The van der Waals surface area contributed by atoms with Gasteiger partial charge in [0.05, 0.1) is 16.8 Å². The van der Waals surface area contributed by atoms with Gasteiger partial charge in [0.15, 0.2) is 9.84 Å². The third-order valence-corrected chi connectivity index (χ3v) is 7.31. The lowest BCUT2D eigenvalue weighted by Crippen LogP contribution is -2.32. The summed E-state index contributed by atoms with van der Waals surface area (Å²) in [5.41, 5.74) is 0.708. The number of thioether (sulfide) groups is 1. The van der Waals surface area contributed by atoms with Crippen LogP contribution < -0.4 is 0 Å². The molecule has 2 unspecified atom stereocenters. The van der Waals surface area contributed by atoms with E-state index in [-0.39, 0.29) is 34.4 Å². The largest absolute Gasteiger partial charge is 0.416 e. The number of carbonyl (C=O) groups is 1. The highest BCUT2D eigenvalue weighted by Gasteiger charge is 2.29. The smallest absolute Gasteiger partial charge is 0.277 e. The van der Waals surface area contributed by atoms with Crippen molar-refractivity contribution in [2.75, 3.05) is 18.6 Å². The fourth-order valence-electron chi connectivity index (χ4n) is 3.15. The Hall–Kier alpha value is -1.94. The average molecular weight is 428 g/mol. The van der Waals surface area contributed by atoms with E-state index >= 15 is 0 Å². The average Bonchev–Trinajstić information content (AvgIpc) is 3.20. The Balaban J connectivity index is 1.53. The fourth-order valence-corrected chi connectivity index (χ4v) is 5.82. The summed E-state index contributed by atoms with van der Waals surface area (Å²) in [5, 5.41) is 7.73. The molecule has 152 valence electrons. The van der Waals surface area contributed by atoms with E-state index in [1.807, 2.05) is 0 Å². The second-order valence-corrected chi connectivity index (χ2v) is 10.5. The lowest BCUT2D eigenvalue weighted by atomic mass is 10.1. The monoisotopic (exact) mass is 427 g/mol. The molecule has 1 saturated heterocycles. The van der Waals surface area contributed by atoms with Crippen LogP contribution in [-0.4, -0.2) is 53.2 Å². The molecule has 28 heavy (non-hydrogen) atoms. The first-order valence-corrected chi connectivity index (χ1v) is 11.6. The van der Waals surface area contributed by atoms with Gasteiger partial charge in [-0.15, -0.1) is 10.2 Å². The van der Waals surface area contributed by atoms with Gasteiger partial charge in [-0.05, 0) is 37.0 Å². The minimum absolute atomic E-state index is 0.000225. The molecule has 2 aromatic rings. The van der Waals surface area contributed by atoms with Gasteiger partial charge in [-0.25, -0.2) is 12.8 Å². The number of aromatic nitrogens is 2. The fraction of sp³-hybridized carbons (Fsp3) is 0.500. The third-order valence-electron chi connectivity index (χ3n) is 4.55. The van der Waals surface area contributed by atoms with Crippen LogP contribution in [0.2, 0.25) is 0 Å². The van der Waals surface area contributed by atoms with Gasteiger partial charge in [-0.3, -0.25) is 4.79 Å². The first-order valence-electron chi connectivity index (χ1n) is 8.91. The topological polar surface area (TPSA) is 93.4 Å². The molecule has 10 heteroatoms. The molecule has 1 aliphatic heterocycles. The molecule has 0 saturated carbocycles. The summed E-state index contributed by atoms with van der Waals surface area (Å²) in [5.74, 6) is 0.260. The first kappa shape index (κ1) is 20.8. The normalized spacial score (nSPS) is 19.5. The molecular formula is C18H22FN3O4S2. The molecule has 7 nitrogen and oxygen atoms in total. The van der Waals surface area contributed by atoms with Crippen molar-refractivity contribution in [2.45, 2.75) is 36.8 Å². The minimum Gasteiger partial charge on any atom is -0.416 e. The van der Waals surface area contributed by atoms with E-state index in [9.17, 15) is 17.6 Å². The molecule has 0 spiro atoms. The third kappa shape index (κ3) is 5.54. The summed E-state index contributed by atoms with van der Waals surface area (Å²) in [4.78, 5) is 14.1. The standard InChI is InChI=1S/C18H22FN3O4S2/c1-12(17(23)22(2)10-13-4-3-5-15(19)8-13)27-18-21-20-16(26-18)9-14-6-7-28(24,25)11-14/h3-5,8,12,14H,6-7,9-11H2,1-2H3. The predicted octanol–water partition coefficient (Wildman–Crippen LogP) is 2.33.